The van der Waals surface area contributed by atoms with Crippen molar-refractivity contribution < 1.29 is 9.53 Å². The first kappa shape index (κ1) is 21.3. The topological polar surface area (TPSA) is 75.6 Å². The Labute approximate surface area is 190 Å². The van der Waals surface area contributed by atoms with Crippen LogP contribution in [0, 0.1) is 0 Å². The molecule has 0 unspecified atom stereocenters. The van der Waals surface area contributed by atoms with Crippen molar-refractivity contribution >= 4 is 34.3 Å². The molecule has 0 atom stereocenters. The van der Waals surface area contributed by atoms with Crippen LogP contribution in [-0.4, -0.2) is 23.7 Å². The van der Waals surface area contributed by atoms with Gasteiger partial charge in [0.15, 0.2) is 5.13 Å². The van der Waals surface area contributed by atoms with Crippen LogP contribution in [0.2, 0.25) is 0 Å². The number of benzene rings is 3. The maximum atomic E-state index is 12.4. The van der Waals surface area contributed by atoms with Gasteiger partial charge in [-0.1, -0.05) is 30.3 Å². The third-order valence-electron chi connectivity index (χ3n) is 4.54. The third-order valence-corrected chi connectivity index (χ3v) is 5.30. The Balaban J connectivity index is 1.34. The average Bonchev–Trinajstić information content (AvgIpc) is 3.29. The molecule has 0 saturated heterocycles. The molecule has 1 heterocycles. The number of anilines is 2. The van der Waals surface area contributed by atoms with Gasteiger partial charge in [0.2, 0.25) is 0 Å². The predicted octanol–water partition coefficient (Wildman–Crippen LogP) is 5.72. The lowest BCUT2D eigenvalue weighted by molar-refractivity contribution is 0.0955. The Hall–Kier alpha value is -3.97. The second-order valence-electron chi connectivity index (χ2n) is 6.81. The Morgan fingerprint density at radius 1 is 1.03 bits per heavy atom. The molecule has 0 bridgehead atoms. The molecule has 0 spiro atoms. The smallest absolute Gasteiger partial charge is 0.271 e. The van der Waals surface area contributed by atoms with E-state index < -0.39 is 0 Å². The van der Waals surface area contributed by atoms with Gasteiger partial charge in [-0.3, -0.25) is 4.79 Å². The summed E-state index contributed by atoms with van der Waals surface area (Å²) in [6.45, 7) is 2.56. The van der Waals surface area contributed by atoms with Crippen LogP contribution in [0.3, 0.4) is 0 Å². The molecule has 0 aliphatic heterocycles. The molecule has 4 aromatic rings. The van der Waals surface area contributed by atoms with Gasteiger partial charge in [-0.25, -0.2) is 10.4 Å². The number of rotatable bonds is 8. The summed E-state index contributed by atoms with van der Waals surface area (Å²) < 4.78 is 5.41. The van der Waals surface area contributed by atoms with Crippen molar-refractivity contribution in [3.05, 3.63) is 95.4 Å². The monoisotopic (exact) mass is 442 g/mol. The first-order chi connectivity index (χ1) is 15.7. The minimum absolute atomic E-state index is 0.275. The highest BCUT2D eigenvalue weighted by molar-refractivity contribution is 7.14. The lowest BCUT2D eigenvalue weighted by Gasteiger charge is -2.03. The summed E-state index contributed by atoms with van der Waals surface area (Å²) in [6.07, 6.45) is 1.60. The van der Waals surface area contributed by atoms with Gasteiger partial charge in [0.05, 0.1) is 18.5 Å². The van der Waals surface area contributed by atoms with E-state index in [0.717, 1.165) is 33.4 Å². The number of hydrazone groups is 1. The second kappa shape index (κ2) is 10.4. The Bertz CT molecular complexity index is 1190. The molecule has 0 aliphatic carbocycles. The molecular weight excluding hydrogens is 420 g/mol. The summed E-state index contributed by atoms with van der Waals surface area (Å²) in [5, 5.41) is 10.1. The SMILES string of the molecule is CCOc1ccc(/C=N\NC(=O)c2ccc(-c3csc(Nc4ccccc4)n3)cc2)cc1. The van der Waals surface area contributed by atoms with Gasteiger partial charge >= 0.3 is 0 Å². The van der Waals surface area contributed by atoms with E-state index in [4.69, 9.17) is 4.74 Å². The summed E-state index contributed by atoms with van der Waals surface area (Å²) >= 11 is 1.53. The summed E-state index contributed by atoms with van der Waals surface area (Å²) in [5.74, 6) is 0.528. The highest BCUT2D eigenvalue weighted by atomic mass is 32.1. The Morgan fingerprint density at radius 3 is 2.50 bits per heavy atom. The highest BCUT2D eigenvalue weighted by Gasteiger charge is 2.08. The number of carbonyl (C=O) groups excluding carboxylic acids is 1. The number of ether oxygens (including phenoxy) is 1. The number of aromatic nitrogens is 1. The fraction of sp³-hybridized carbons (Fsp3) is 0.0800. The van der Waals surface area contributed by atoms with E-state index in [2.05, 4.69) is 20.8 Å². The summed E-state index contributed by atoms with van der Waals surface area (Å²) in [5.41, 5.74) is 6.73. The zero-order valence-electron chi connectivity index (χ0n) is 17.5. The standard InChI is InChI=1S/C25H22N4O2S/c1-2-31-22-14-8-18(9-15-22)16-26-29-24(30)20-12-10-19(11-13-20)23-17-32-25(28-23)27-21-6-4-3-5-7-21/h3-17H,2H2,1H3,(H,27,28)(H,29,30)/b26-16-. The van der Waals surface area contributed by atoms with E-state index in [9.17, 15) is 4.79 Å². The summed E-state index contributed by atoms with van der Waals surface area (Å²) in [6, 6.07) is 24.7. The maximum absolute atomic E-state index is 12.4. The normalized spacial score (nSPS) is 10.8. The van der Waals surface area contributed by atoms with Crippen molar-refractivity contribution in [2.75, 3.05) is 11.9 Å². The van der Waals surface area contributed by atoms with Crippen LogP contribution in [-0.2, 0) is 0 Å². The van der Waals surface area contributed by atoms with Crippen molar-refractivity contribution in [1.82, 2.24) is 10.4 Å². The molecule has 6 nitrogen and oxygen atoms in total. The van der Waals surface area contributed by atoms with Gasteiger partial charge in [0, 0.05) is 22.2 Å². The number of nitrogens with zero attached hydrogens (tertiary/aromatic N) is 2. The van der Waals surface area contributed by atoms with Gasteiger partial charge in [0.25, 0.3) is 5.91 Å². The van der Waals surface area contributed by atoms with Crippen LogP contribution in [0.15, 0.2) is 89.3 Å². The van der Waals surface area contributed by atoms with Gasteiger partial charge < -0.3 is 10.1 Å². The lowest BCUT2D eigenvalue weighted by atomic mass is 10.1. The Morgan fingerprint density at radius 2 is 1.78 bits per heavy atom. The van der Waals surface area contributed by atoms with Gasteiger partial charge in [0.1, 0.15) is 5.75 Å². The molecular formula is C25H22N4O2S. The first-order valence-corrected chi connectivity index (χ1v) is 11.0. The third kappa shape index (κ3) is 5.59. The summed E-state index contributed by atoms with van der Waals surface area (Å²) in [7, 11) is 0. The van der Waals surface area contributed by atoms with Gasteiger partial charge in [-0.05, 0) is 61.0 Å². The zero-order valence-corrected chi connectivity index (χ0v) is 18.3. The molecule has 1 aromatic heterocycles. The fourth-order valence-electron chi connectivity index (χ4n) is 2.95. The minimum atomic E-state index is -0.275. The van der Waals surface area contributed by atoms with E-state index in [1.54, 1.807) is 18.3 Å². The molecule has 0 fully saturated rings. The van der Waals surface area contributed by atoms with E-state index >= 15 is 0 Å². The number of hydrogen-bond donors (Lipinski definition) is 2. The number of para-hydroxylation sites is 1. The number of hydrogen-bond acceptors (Lipinski definition) is 6. The molecule has 0 aliphatic rings. The largest absolute Gasteiger partial charge is 0.494 e. The zero-order chi connectivity index (χ0) is 22.2. The molecule has 7 heteroatoms. The van der Waals surface area contributed by atoms with Crippen molar-refractivity contribution in [3.63, 3.8) is 0 Å². The van der Waals surface area contributed by atoms with Crippen molar-refractivity contribution in [2.24, 2.45) is 5.10 Å². The van der Waals surface area contributed by atoms with E-state index in [0.29, 0.717) is 12.2 Å². The van der Waals surface area contributed by atoms with Crippen molar-refractivity contribution in [2.45, 2.75) is 6.92 Å². The number of nitrogens with one attached hydrogen (secondary N) is 2. The number of thiazole rings is 1. The maximum Gasteiger partial charge on any atom is 0.271 e. The van der Waals surface area contributed by atoms with Crippen LogP contribution in [0.1, 0.15) is 22.8 Å². The molecule has 0 saturated carbocycles. The molecule has 4 rings (SSSR count). The van der Waals surface area contributed by atoms with E-state index in [-0.39, 0.29) is 5.91 Å². The first-order valence-electron chi connectivity index (χ1n) is 10.2. The van der Waals surface area contributed by atoms with Crippen molar-refractivity contribution in [1.29, 1.82) is 0 Å². The van der Waals surface area contributed by atoms with Crippen LogP contribution in [0.25, 0.3) is 11.3 Å². The number of amides is 1. The van der Waals surface area contributed by atoms with E-state index in [1.807, 2.05) is 79.0 Å². The van der Waals surface area contributed by atoms with Crippen molar-refractivity contribution in [3.8, 4) is 17.0 Å². The van der Waals surface area contributed by atoms with Gasteiger partial charge in [-0.15, -0.1) is 11.3 Å². The Kier molecular flexibility index (Phi) is 6.89. The molecule has 32 heavy (non-hydrogen) atoms. The van der Waals surface area contributed by atoms with Crippen LogP contribution >= 0.6 is 11.3 Å². The molecule has 1 amide bonds. The molecule has 0 radical (unpaired) electrons. The summed E-state index contributed by atoms with van der Waals surface area (Å²) in [4.78, 5) is 17.0. The van der Waals surface area contributed by atoms with Crippen LogP contribution in [0.5, 0.6) is 5.75 Å². The minimum Gasteiger partial charge on any atom is -0.494 e. The lowest BCUT2D eigenvalue weighted by Crippen LogP contribution is -2.17. The van der Waals surface area contributed by atoms with Crippen LogP contribution < -0.4 is 15.5 Å². The number of carbonyl (C=O) groups is 1. The van der Waals surface area contributed by atoms with Crippen LogP contribution in [0.4, 0.5) is 10.8 Å². The predicted molar refractivity (Wildman–Crippen MR) is 130 cm³/mol. The quantitative estimate of drug-likeness (QED) is 0.270. The highest BCUT2D eigenvalue weighted by Crippen LogP contribution is 2.27. The fourth-order valence-corrected chi connectivity index (χ4v) is 3.69. The van der Waals surface area contributed by atoms with Gasteiger partial charge in [-0.2, -0.15) is 5.10 Å². The molecule has 2 N–H and O–H groups in total. The average molecular weight is 443 g/mol. The van der Waals surface area contributed by atoms with E-state index in [1.165, 1.54) is 11.3 Å². The molecule has 160 valence electrons. The molecule has 3 aromatic carbocycles. The second-order valence-corrected chi connectivity index (χ2v) is 7.67.